The SMILES string of the molecule is O=C(Nc1nc2ccccc2s1)C(F)(F)C(F)(F)C(F)(F)C(F)(F)C(F)(F)C(F)F. The van der Waals surface area contributed by atoms with Gasteiger partial charge in [-0.05, 0) is 12.1 Å². The van der Waals surface area contributed by atoms with Crippen molar-refractivity contribution in [2.75, 3.05) is 5.32 Å². The van der Waals surface area contributed by atoms with Crippen LogP contribution in [0.15, 0.2) is 24.3 Å². The van der Waals surface area contributed by atoms with Gasteiger partial charge in [0.1, 0.15) is 0 Å². The van der Waals surface area contributed by atoms with Gasteiger partial charge in [-0.3, -0.25) is 10.1 Å². The second-order valence-corrected chi connectivity index (χ2v) is 6.69. The molecule has 0 spiro atoms. The lowest BCUT2D eigenvalue weighted by molar-refractivity contribution is -0.406. The summed E-state index contributed by atoms with van der Waals surface area (Å²) in [7, 11) is 0. The van der Waals surface area contributed by atoms with Gasteiger partial charge in [0.05, 0.1) is 10.2 Å². The van der Waals surface area contributed by atoms with Gasteiger partial charge in [-0.1, -0.05) is 23.5 Å². The molecule has 1 heterocycles. The zero-order valence-corrected chi connectivity index (χ0v) is 14.5. The number of thiazole rings is 1. The zero-order valence-electron chi connectivity index (χ0n) is 13.7. The van der Waals surface area contributed by atoms with Crippen LogP contribution in [-0.4, -0.2) is 46.9 Å². The van der Waals surface area contributed by atoms with Crippen LogP contribution in [0.3, 0.4) is 0 Å². The molecule has 0 saturated carbocycles. The molecular formula is C14H6F12N2OS. The Morgan fingerprint density at radius 3 is 1.90 bits per heavy atom. The van der Waals surface area contributed by atoms with Crippen LogP contribution in [0, 0.1) is 0 Å². The molecule has 2 aromatic rings. The van der Waals surface area contributed by atoms with Crippen LogP contribution in [0.1, 0.15) is 0 Å². The predicted octanol–water partition coefficient (Wildman–Crippen LogP) is 5.68. The Labute approximate surface area is 161 Å². The first-order valence-corrected chi connectivity index (χ1v) is 8.07. The van der Waals surface area contributed by atoms with E-state index in [0.717, 1.165) is 5.32 Å². The molecule has 0 radical (unpaired) electrons. The van der Waals surface area contributed by atoms with Crippen molar-refractivity contribution in [3.63, 3.8) is 0 Å². The molecule has 0 unspecified atom stereocenters. The summed E-state index contributed by atoms with van der Waals surface area (Å²) in [5.74, 6) is -40.1. The summed E-state index contributed by atoms with van der Waals surface area (Å²) in [4.78, 5) is 14.9. The zero-order chi connectivity index (χ0) is 23.3. The minimum absolute atomic E-state index is 0.0429. The molecule has 0 fully saturated rings. The van der Waals surface area contributed by atoms with Crippen molar-refractivity contribution in [3.8, 4) is 0 Å². The summed E-state index contributed by atoms with van der Waals surface area (Å²) in [5, 5.41) is 0.144. The summed E-state index contributed by atoms with van der Waals surface area (Å²) in [5.41, 5.74) is 0.0429. The molecule has 16 heteroatoms. The summed E-state index contributed by atoms with van der Waals surface area (Å²) in [6.45, 7) is 0. The van der Waals surface area contributed by atoms with Crippen LogP contribution >= 0.6 is 11.3 Å². The highest BCUT2D eigenvalue weighted by Gasteiger charge is 2.89. The standard InChI is InChI=1S/C14H6F12N2OS/c15-7(16)10(17,18)12(21,22)14(25,26)13(23,24)11(19,20)8(29)28-9-27-5-3-1-2-4-6(5)30-9/h1-4,7H,(H,27,28,29). The Hall–Kier alpha value is -2.26. The van der Waals surface area contributed by atoms with Crippen LogP contribution < -0.4 is 5.32 Å². The number of rotatable bonds is 7. The first-order chi connectivity index (χ1) is 13.4. The average molecular weight is 478 g/mol. The van der Waals surface area contributed by atoms with E-state index >= 15 is 0 Å². The maximum absolute atomic E-state index is 13.7. The van der Waals surface area contributed by atoms with Crippen LogP contribution in [0.4, 0.5) is 57.8 Å². The number of anilines is 1. The van der Waals surface area contributed by atoms with E-state index in [2.05, 4.69) is 4.98 Å². The van der Waals surface area contributed by atoms with Crippen LogP contribution in [0.2, 0.25) is 0 Å². The van der Waals surface area contributed by atoms with Gasteiger partial charge in [0.2, 0.25) is 0 Å². The fourth-order valence-corrected chi connectivity index (χ4v) is 2.85. The first kappa shape index (κ1) is 24.0. The minimum atomic E-state index is -7.77. The third kappa shape index (κ3) is 3.33. The van der Waals surface area contributed by atoms with Gasteiger partial charge >= 0.3 is 41.9 Å². The van der Waals surface area contributed by atoms with E-state index < -0.39 is 47.1 Å². The molecule has 1 N–H and O–H groups in total. The Bertz CT molecular complexity index is 909. The van der Waals surface area contributed by atoms with Gasteiger partial charge in [-0.25, -0.2) is 13.8 Å². The monoisotopic (exact) mass is 478 g/mol. The molecule has 3 nitrogen and oxygen atoms in total. The second kappa shape index (κ2) is 7.16. The van der Waals surface area contributed by atoms with Crippen molar-refractivity contribution in [2.24, 2.45) is 0 Å². The quantitative estimate of drug-likeness (QED) is 0.521. The van der Waals surface area contributed by atoms with E-state index in [4.69, 9.17) is 0 Å². The summed E-state index contributed by atoms with van der Waals surface area (Å²) in [6, 6.07) is 5.41. The van der Waals surface area contributed by atoms with Crippen molar-refractivity contribution in [3.05, 3.63) is 24.3 Å². The second-order valence-electron chi connectivity index (χ2n) is 5.66. The molecule has 1 amide bonds. The number of carbonyl (C=O) groups excluding carboxylic acids is 1. The number of aromatic nitrogens is 1. The molecule has 1 aromatic heterocycles. The molecule has 0 aliphatic carbocycles. The number of fused-ring (bicyclic) bond motifs is 1. The Morgan fingerprint density at radius 1 is 0.867 bits per heavy atom. The first-order valence-electron chi connectivity index (χ1n) is 7.25. The maximum Gasteiger partial charge on any atom is 0.393 e. The molecule has 168 valence electrons. The lowest BCUT2D eigenvalue weighted by Crippen LogP contribution is -2.70. The van der Waals surface area contributed by atoms with Gasteiger partial charge in [0.25, 0.3) is 0 Å². The van der Waals surface area contributed by atoms with Crippen LogP contribution in [0.5, 0.6) is 0 Å². The molecule has 0 aliphatic rings. The number of carbonyl (C=O) groups is 1. The fraction of sp³-hybridized carbons (Fsp3) is 0.429. The molecular weight excluding hydrogens is 472 g/mol. The Kier molecular flexibility index (Phi) is 5.73. The molecule has 2 rings (SSSR count). The number of hydrogen-bond donors (Lipinski definition) is 1. The molecule has 0 aliphatic heterocycles. The van der Waals surface area contributed by atoms with Crippen LogP contribution in [0.25, 0.3) is 10.2 Å². The number of amides is 1. The molecule has 0 atom stereocenters. The maximum atomic E-state index is 13.7. The smallest absolute Gasteiger partial charge is 0.296 e. The highest BCUT2D eigenvalue weighted by Crippen LogP contribution is 2.58. The van der Waals surface area contributed by atoms with E-state index in [1.807, 2.05) is 0 Å². The van der Waals surface area contributed by atoms with E-state index in [1.165, 1.54) is 24.3 Å². The predicted molar refractivity (Wildman–Crippen MR) is 79.0 cm³/mol. The number of halogens is 12. The lowest BCUT2D eigenvalue weighted by atomic mass is 9.94. The van der Waals surface area contributed by atoms with Crippen molar-refractivity contribution >= 4 is 32.6 Å². The summed E-state index contributed by atoms with van der Waals surface area (Å²) < 4.78 is 157. The third-order valence-electron chi connectivity index (χ3n) is 3.68. The van der Waals surface area contributed by atoms with Crippen molar-refractivity contribution in [1.29, 1.82) is 0 Å². The number of nitrogens with zero attached hydrogens (tertiary/aromatic N) is 1. The van der Waals surface area contributed by atoms with E-state index in [0.29, 0.717) is 11.3 Å². The summed E-state index contributed by atoms with van der Waals surface area (Å²) in [6.07, 6.45) is -5.61. The Morgan fingerprint density at radius 2 is 1.40 bits per heavy atom. The third-order valence-corrected chi connectivity index (χ3v) is 4.63. The largest absolute Gasteiger partial charge is 0.393 e. The van der Waals surface area contributed by atoms with E-state index in [1.54, 1.807) is 0 Å². The van der Waals surface area contributed by atoms with Crippen molar-refractivity contribution < 1.29 is 57.5 Å². The molecule has 0 bridgehead atoms. The lowest BCUT2D eigenvalue weighted by Gasteiger charge is -2.38. The average Bonchev–Trinajstić information content (AvgIpc) is 3.02. The van der Waals surface area contributed by atoms with Crippen molar-refractivity contribution in [2.45, 2.75) is 36.0 Å². The summed E-state index contributed by atoms with van der Waals surface area (Å²) >= 11 is 0.397. The van der Waals surface area contributed by atoms with Gasteiger partial charge in [0, 0.05) is 0 Å². The Balaban J connectivity index is 2.40. The topological polar surface area (TPSA) is 42.0 Å². The van der Waals surface area contributed by atoms with Gasteiger partial charge in [-0.15, -0.1) is 0 Å². The molecule has 1 aromatic carbocycles. The van der Waals surface area contributed by atoms with Gasteiger partial charge in [0.15, 0.2) is 5.13 Å². The van der Waals surface area contributed by atoms with E-state index in [9.17, 15) is 57.5 Å². The van der Waals surface area contributed by atoms with Gasteiger partial charge in [-0.2, -0.15) is 43.9 Å². The van der Waals surface area contributed by atoms with Crippen molar-refractivity contribution in [1.82, 2.24) is 4.98 Å². The number of nitrogens with one attached hydrogen (secondary N) is 1. The number of hydrogen-bond acceptors (Lipinski definition) is 3. The molecule has 30 heavy (non-hydrogen) atoms. The number of para-hydroxylation sites is 1. The molecule has 0 saturated heterocycles. The van der Waals surface area contributed by atoms with Gasteiger partial charge < -0.3 is 0 Å². The van der Waals surface area contributed by atoms with Crippen LogP contribution in [-0.2, 0) is 4.79 Å². The fourth-order valence-electron chi connectivity index (χ4n) is 1.98. The highest BCUT2D eigenvalue weighted by molar-refractivity contribution is 7.22. The number of alkyl halides is 12. The normalized spacial score (nSPS) is 14.4. The van der Waals surface area contributed by atoms with E-state index in [-0.39, 0.29) is 10.2 Å². The highest BCUT2D eigenvalue weighted by atomic mass is 32.1. The minimum Gasteiger partial charge on any atom is -0.296 e. The number of benzene rings is 1.